The summed E-state index contributed by atoms with van der Waals surface area (Å²) in [6.07, 6.45) is 11.7. The molecule has 1 aliphatic heterocycles. The van der Waals surface area contributed by atoms with Crippen molar-refractivity contribution in [2.75, 3.05) is 25.7 Å². The van der Waals surface area contributed by atoms with Crippen LogP contribution in [0.5, 0.6) is 5.75 Å². The van der Waals surface area contributed by atoms with Gasteiger partial charge in [0.25, 0.3) is 0 Å². The summed E-state index contributed by atoms with van der Waals surface area (Å²) in [7, 11) is 2.49. The fraction of sp³-hybridized carbons (Fsp3) is 0.158. The van der Waals surface area contributed by atoms with Crippen LogP contribution in [-0.4, -0.2) is 32.8 Å². The first-order valence-corrected chi connectivity index (χ1v) is 7.33. The van der Waals surface area contributed by atoms with Crippen molar-refractivity contribution in [2.45, 2.75) is 0 Å². The predicted molar refractivity (Wildman–Crippen MR) is 92.6 cm³/mol. The van der Waals surface area contributed by atoms with E-state index in [2.05, 4.69) is 5.92 Å². The number of hydrogen-bond acceptors (Lipinski definition) is 6. The summed E-state index contributed by atoms with van der Waals surface area (Å²) in [6.45, 7) is 0.119. The molecule has 0 bridgehead atoms. The van der Waals surface area contributed by atoms with Crippen LogP contribution in [-0.2, 0) is 19.1 Å². The number of hydrogen-bond donors (Lipinski definition) is 0. The third-order valence-electron chi connectivity index (χ3n) is 3.31. The van der Waals surface area contributed by atoms with Crippen molar-refractivity contribution in [1.29, 1.82) is 0 Å². The van der Waals surface area contributed by atoms with Crippen molar-refractivity contribution in [3.63, 3.8) is 0 Å². The number of allylic oxidation sites excluding steroid dienone is 2. The normalized spacial score (nSPS) is 13.1. The Morgan fingerprint density at radius 3 is 2.60 bits per heavy atom. The van der Waals surface area contributed by atoms with E-state index >= 15 is 0 Å². The Morgan fingerprint density at radius 1 is 1.16 bits per heavy atom. The SMILES string of the molecule is C#CCOc1cccc(N2C=CC=CC(C(=O)OC)=C2C(=O)OC)c1. The van der Waals surface area contributed by atoms with Crippen molar-refractivity contribution in [2.24, 2.45) is 0 Å². The first kappa shape index (κ1) is 17.9. The Kier molecular flexibility index (Phi) is 6.02. The predicted octanol–water partition coefficient (Wildman–Crippen LogP) is 2.19. The Hall–Kier alpha value is -3.46. The lowest BCUT2D eigenvalue weighted by Crippen LogP contribution is -2.26. The van der Waals surface area contributed by atoms with E-state index in [9.17, 15) is 9.59 Å². The van der Waals surface area contributed by atoms with Gasteiger partial charge in [0.15, 0.2) is 0 Å². The smallest absolute Gasteiger partial charge is 0.355 e. The summed E-state index contributed by atoms with van der Waals surface area (Å²) in [5.41, 5.74) is 0.707. The number of carbonyl (C=O) groups is 2. The maximum Gasteiger partial charge on any atom is 0.355 e. The third kappa shape index (κ3) is 4.09. The molecule has 25 heavy (non-hydrogen) atoms. The van der Waals surface area contributed by atoms with Crippen LogP contribution in [0.2, 0.25) is 0 Å². The average Bonchev–Trinajstić information content (AvgIpc) is 2.88. The van der Waals surface area contributed by atoms with Gasteiger partial charge in [-0.1, -0.05) is 18.1 Å². The molecule has 1 aliphatic rings. The third-order valence-corrected chi connectivity index (χ3v) is 3.31. The molecule has 0 saturated heterocycles. The van der Waals surface area contributed by atoms with Gasteiger partial charge in [-0.3, -0.25) is 0 Å². The van der Waals surface area contributed by atoms with E-state index in [1.807, 2.05) is 0 Å². The number of carbonyl (C=O) groups excluding carboxylic acids is 2. The lowest BCUT2D eigenvalue weighted by Gasteiger charge is -2.23. The van der Waals surface area contributed by atoms with Gasteiger partial charge in [0.2, 0.25) is 0 Å². The van der Waals surface area contributed by atoms with Crippen LogP contribution in [0.1, 0.15) is 0 Å². The van der Waals surface area contributed by atoms with Crippen LogP contribution in [0.3, 0.4) is 0 Å². The molecule has 0 radical (unpaired) electrons. The maximum absolute atomic E-state index is 12.3. The van der Waals surface area contributed by atoms with E-state index in [1.165, 1.54) is 25.2 Å². The summed E-state index contributed by atoms with van der Waals surface area (Å²) in [6, 6.07) is 6.95. The van der Waals surface area contributed by atoms with Crippen molar-refractivity contribution in [3.05, 3.63) is 60.0 Å². The molecule has 0 N–H and O–H groups in total. The second kappa shape index (κ2) is 8.41. The molecule has 1 aromatic rings. The fourth-order valence-corrected chi connectivity index (χ4v) is 2.21. The summed E-state index contributed by atoms with van der Waals surface area (Å²) < 4.78 is 15.0. The van der Waals surface area contributed by atoms with Gasteiger partial charge in [0.05, 0.1) is 19.8 Å². The minimum atomic E-state index is -0.674. The van der Waals surface area contributed by atoms with E-state index in [0.717, 1.165) is 0 Å². The number of benzene rings is 1. The number of esters is 2. The van der Waals surface area contributed by atoms with Crippen LogP contribution in [0.15, 0.2) is 60.0 Å². The number of ether oxygens (including phenoxy) is 3. The Bertz CT molecular complexity index is 798. The van der Waals surface area contributed by atoms with Gasteiger partial charge in [-0.15, -0.1) is 6.42 Å². The zero-order valence-electron chi connectivity index (χ0n) is 13.9. The first-order valence-electron chi connectivity index (χ1n) is 7.33. The van der Waals surface area contributed by atoms with Crippen LogP contribution in [0.4, 0.5) is 5.69 Å². The Balaban J connectivity index is 2.55. The second-order valence-electron chi connectivity index (χ2n) is 4.81. The molecule has 128 valence electrons. The van der Waals surface area contributed by atoms with E-state index < -0.39 is 11.9 Å². The van der Waals surface area contributed by atoms with E-state index in [1.54, 1.807) is 42.6 Å². The highest BCUT2D eigenvalue weighted by atomic mass is 16.5. The molecule has 0 aliphatic carbocycles. The number of methoxy groups -OCH3 is 2. The lowest BCUT2D eigenvalue weighted by atomic mass is 10.1. The molecule has 1 aromatic carbocycles. The summed E-state index contributed by atoms with van der Waals surface area (Å²) in [5, 5.41) is 0. The van der Waals surface area contributed by atoms with Gasteiger partial charge >= 0.3 is 11.9 Å². The monoisotopic (exact) mass is 339 g/mol. The molecule has 0 fully saturated rings. The van der Waals surface area contributed by atoms with Crippen molar-refractivity contribution in [3.8, 4) is 18.1 Å². The summed E-state index contributed by atoms with van der Waals surface area (Å²) >= 11 is 0. The summed E-state index contributed by atoms with van der Waals surface area (Å²) in [5.74, 6) is 1.60. The zero-order chi connectivity index (χ0) is 18.2. The van der Waals surface area contributed by atoms with E-state index in [-0.39, 0.29) is 17.9 Å². The van der Waals surface area contributed by atoms with E-state index in [0.29, 0.717) is 11.4 Å². The summed E-state index contributed by atoms with van der Waals surface area (Å²) in [4.78, 5) is 26.0. The maximum atomic E-state index is 12.3. The van der Waals surface area contributed by atoms with Crippen molar-refractivity contribution < 1.29 is 23.8 Å². The van der Waals surface area contributed by atoms with Gasteiger partial charge in [-0.2, -0.15) is 0 Å². The van der Waals surface area contributed by atoms with Gasteiger partial charge in [0.1, 0.15) is 18.1 Å². The van der Waals surface area contributed by atoms with Crippen molar-refractivity contribution in [1.82, 2.24) is 0 Å². The molecule has 0 aromatic heterocycles. The molecule has 0 saturated carbocycles. The lowest BCUT2D eigenvalue weighted by molar-refractivity contribution is -0.139. The average molecular weight is 339 g/mol. The van der Waals surface area contributed by atoms with Crippen LogP contribution < -0.4 is 9.64 Å². The van der Waals surface area contributed by atoms with Crippen LogP contribution >= 0.6 is 0 Å². The van der Waals surface area contributed by atoms with Crippen molar-refractivity contribution >= 4 is 17.6 Å². The highest BCUT2D eigenvalue weighted by Crippen LogP contribution is 2.28. The van der Waals surface area contributed by atoms with Crippen LogP contribution in [0, 0.1) is 12.3 Å². The Labute approximate surface area is 146 Å². The number of rotatable bonds is 5. The minimum absolute atomic E-state index is 0.0356. The molecule has 0 amide bonds. The van der Waals surface area contributed by atoms with Gasteiger partial charge in [0, 0.05) is 18.0 Å². The largest absolute Gasteiger partial charge is 0.481 e. The highest BCUT2D eigenvalue weighted by Gasteiger charge is 2.27. The first-order chi connectivity index (χ1) is 12.1. The minimum Gasteiger partial charge on any atom is -0.481 e. The second-order valence-corrected chi connectivity index (χ2v) is 4.81. The van der Waals surface area contributed by atoms with E-state index in [4.69, 9.17) is 20.6 Å². The number of anilines is 1. The zero-order valence-corrected chi connectivity index (χ0v) is 13.9. The molecule has 0 spiro atoms. The molecule has 0 atom stereocenters. The molecule has 6 heteroatoms. The Morgan fingerprint density at radius 2 is 1.92 bits per heavy atom. The molecular formula is C19H17NO5. The highest BCUT2D eigenvalue weighted by molar-refractivity contribution is 6.05. The molecular weight excluding hydrogens is 322 g/mol. The van der Waals surface area contributed by atoms with Gasteiger partial charge in [-0.05, 0) is 24.3 Å². The topological polar surface area (TPSA) is 65.1 Å². The number of terminal acetylenes is 1. The van der Waals surface area contributed by atoms with Crippen LogP contribution in [0.25, 0.3) is 0 Å². The fourth-order valence-electron chi connectivity index (χ4n) is 2.21. The van der Waals surface area contributed by atoms with Gasteiger partial charge in [-0.25, -0.2) is 9.59 Å². The quantitative estimate of drug-likeness (QED) is 0.605. The molecule has 6 nitrogen and oxygen atoms in total. The molecule has 0 unspecified atom stereocenters. The van der Waals surface area contributed by atoms with Gasteiger partial charge < -0.3 is 19.1 Å². The molecule has 2 rings (SSSR count). The molecule has 1 heterocycles. The standard InChI is InChI=1S/C19H17NO5/c1-4-12-25-15-9-7-8-14(13-15)20-11-6-5-10-16(18(21)23-2)17(20)19(22)24-3/h1,5-11,13H,12H2,2-3H3. The number of nitrogens with zero attached hydrogens (tertiary/aromatic N) is 1.